The molecule has 3 aromatic rings. The van der Waals surface area contributed by atoms with E-state index in [2.05, 4.69) is 20.3 Å². The van der Waals surface area contributed by atoms with E-state index in [1.54, 1.807) is 17.1 Å². The molecule has 162 valence electrons. The van der Waals surface area contributed by atoms with Crippen molar-refractivity contribution in [3.8, 4) is 11.6 Å². The van der Waals surface area contributed by atoms with Gasteiger partial charge in [-0.15, -0.1) is 0 Å². The van der Waals surface area contributed by atoms with E-state index in [1.807, 2.05) is 49.4 Å². The zero-order chi connectivity index (χ0) is 21.5. The summed E-state index contributed by atoms with van der Waals surface area (Å²) < 4.78 is 12.9. The van der Waals surface area contributed by atoms with Gasteiger partial charge in [0.25, 0.3) is 5.91 Å². The molecule has 1 aliphatic rings. The minimum Gasteiger partial charge on any atom is -0.492 e. The molecule has 1 fully saturated rings. The van der Waals surface area contributed by atoms with Crippen LogP contribution in [0.5, 0.6) is 5.75 Å². The summed E-state index contributed by atoms with van der Waals surface area (Å²) in [5.74, 6) is 1.32. The van der Waals surface area contributed by atoms with E-state index in [-0.39, 0.29) is 5.91 Å². The number of hydrogen-bond acceptors (Lipinski definition) is 6. The number of hydrogen-bond donors (Lipinski definition) is 1. The molecule has 0 radical (unpaired) electrons. The van der Waals surface area contributed by atoms with E-state index in [9.17, 15) is 4.79 Å². The molecule has 8 nitrogen and oxygen atoms in total. The van der Waals surface area contributed by atoms with E-state index >= 15 is 0 Å². The Morgan fingerprint density at radius 3 is 2.87 bits per heavy atom. The van der Waals surface area contributed by atoms with Crippen molar-refractivity contribution in [1.82, 2.24) is 25.0 Å². The summed E-state index contributed by atoms with van der Waals surface area (Å²) >= 11 is 0. The number of nitrogens with one attached hydrogen (secondary N) is 1. The van der Waals surface area contributed by atoms with Crippen LogP contribution in [0.1, 0.15) is 21.6 Å². The molecule has 0 spiro atoms. The van der Waals surface area contributed by atoms with Crippen LogP contribution in [0, 0.1) is 6.92 Å². The molecule has 1 amide bonds. The third-order valence-corrected chi connectivity index (χ3v) is 5.25. The topological polar surface area (TPSA) is 81.5 Å². The molecule has 0 saturated carbocycles. The number of carbonyl (C=O) groups is 1. The second-order valence-corrected chi connectivity index (χ2v) is 7.38. The van der Waals surface area contributed by atoms with E-state index in [1.165, 1.54) is 0 Å². The van der Waals surface area contributed by atoms with Crippen LogP contribution < -0.4 is 10.1 Å². The Morgan fingerprint density at radius 2 is 2.06 bits per heavy atom. The summed E-state index contributed by atoms with van der Waals surface area (Å²) in [5.41, 5.74) is 2.26. The Kier molecular flexibility index (Phi) is 6.91. The third kappa shape index (κ3) is 5.48. The molecule has 4 rings (SSSR count). The predicted molar refractivity (Wildman–Crippen MR) is 116 cm³/mol. The summed E-state index contributed by atoms with van der Waals surface area (Å²) in [6, 6.07) is 13.4. The van der Waals surface area contributed by atoms with Gasteiger partial charge in [-0.05, 0) is 36.8 Å². The van der Waals surface area contributed by atoms with Crippen molar-refractivity contribution in [2.24, 2.45) is 0 Å². The Balaban J connectivity index is 1.30. The predicted octanol–water partition coefficient (Wildman–Crippen LogP) is 2.22. The summed E-state index contributed by atoms with van der Waals surface area (Å²) in [6.45, 7) is 7.25. The summed E-state index contributed by atoms with van der Waals surface area (Å²) in [7, 11) is 0. The highest BCUT2D eigenvalue weighted by atomic mass is 16.5. The summed E-state index contributed by atoms with van der Waals surface area (Å²) in [4.78, 5) is 19.3. The lowest BCUT2D eigenvalue weighted by atomic mass is 10.2. The molecule has 31 heavy (non-hydrogen) atoms. The molecule has 0 atom stereocenters. The number of nitrogens with zero attached hydrogens (tertiary/aromatic N) is 4. The highest BCUT2D eigenvalue weighted by molar-refractivity contribution is 5.95. The van der Waals surface area contributed by atoms with E-state index < -0.39 is 0 Å². The average Bonchev–Trinajstić information content (AvgIpc) is 3.20. The molecular weight excluding hydrogens is 394 g/mol. The zero-order valence-electron chi connectivity index (χ0n) is 17.7. The number of amides is 1. The highest BCUT2D eigenvalue weighted by Gasteiger charge is 2.15. The fraction of sp³-hybridized carbons (Fsp3) is 0.348. The maximum Gasteiger partial charge on any atom is 0.255 e. The van der Waals surface area contributed by atoms with Gasteiger partial charge in [-0.25, -0.2) is 9.67 Å². The number of morpholine rings is 1. The number of benzene rings is 1. The first-order valence-electron chi connectivity index (χ1n) is 10.5. The van der Waals surface area contributed by atoms with Crippen molar-refractivity contribution in [2.45, 2.75) is 13.5 Å². The SMILES string of the molecule is Cc1c(C(=O)NCc2cccc(OCCN3CCOCC3)c2)cnn1-c1ccccn1. The molecule has 0 unspecified atom stereocenters. The maximum absolute atomic E-state index is 12.7. The van der Waals surface area contributed by atoms with Gasteiger partial charge in [0, 0.05) is 32.4 Å². The number of ether oxygens (including phenoxy) is 2. The van der Waals surface area contributed by atoms with Gasteiger partial charge < -0.3 is 14.8 Å². The van der Waals surface area contributed by atoms with Crippen molar-refractivity contribution in [2.75, 3.05) is 39.5 Å². The molecule has 0 aliphatic carbocycles. The van der Waals surface area contributed by atoms with Crippen LogP contribution in [0.2, 0.25) is 0 Å². The van der Waals surface area contributed by atoms with Crippen LogP contribution >= 0.6 is 0 Å². The number of rotatable bonds is 8. The van der Waals surface area contributed by atoms with Crippen molar-refractivity contribution in [1.29, 1.82) is 0 Å². The summed E-state index contributed by atoms with van der Waals surface area (Å²) in [5, 5.41) is 7.28. The zero-order valence-corrected chi connectivity index (χ0v) is 17.7. The molecule has 0 bridgehead atoms. The van der Waals surface area contributed by atoms with Crippen LogP contribution in [-0.2, 0) is 11.3 Å². The Labute approximate surface area is 181 Å². The first kappa shape index (κ1) is 21.0. The molecule has 3 heterocycles. The quantitative estimate of drug-likeness (QED) is 0.601. The van der Waals surface area contributed by atoms with Crippen LogP contribution in [-0.4, -0.2) is 65.0 Å². The first-order chi connectivity index (χ1) is 15.2. The van der Waals surface area contributed by atoms with Crippen LogP contribution in [0.3, 0.4) is 0 Å². The third-order valence-electron chi connectivity index (χ3n) is 5.25. The van der Waals surface area contributed by atoms with Crippen LogP contribution in [0.15, 0.2) is 54.9 Å². The van der Waals surface area contributed by atoms with Gasteiger partial charge in [-0.1, -0.05) is 18.2 Å². The molecule has 1 saturated heterocycles. The molecular formula is C23H27N5O3. The van der Waals surface area contributed by atoms with Crippen molar-refractivity contribution >= 4 is 5.91 Å². The van der Waals surface area contributed by atoms with E-state index in [0.29, 0.717) is 24.5 Å². The maximum atomic E-state index is 12.7. The van der Waals surface area contributed by atoms with Crippen LogP contribution in [0.25, 0.3) is 5.82 Å². The highest BCUT2D eigenvalue weighted by Crippen LogP contribution is 2.15. The lowest BCUT2D eigenvalue weighted by molar-refractivity contribution is 0.0322. The van der Waals surface area contributed by atoms with Gasteiger partial charge in [-0.3, -0.25) is 9.69 Å². The lowest BCUT2D eigenvalue weighted by Crippen LogP contribution is -2.38. The summed E-state index contributed by atoms with van der Waals surface area (Å²) in [6.07, 6.45) is 3.27. The molecule has 1 N–H and O–H groups in total. The second-order valence-electron chi connectivity index (χ2n) is 7.38. The minimum atomic E-state index is -0.168. The second kappa shape index (κ2) is 10.2. The molecule has 2 aromatic heterocycles. The van der Waals surface area contributed by atoms with E-state index in [0.717, 1.165) is 49.9 Å². The number of carbonyl (C=O) groups excluding carboxylic acids is 1. The van der Waals surface area contributed by atoms with Gasteiger partial charge in [0.05, 0.1) is 30.7 Å². The van der Waals surface area contributed by atoms with Gasteiger partial charge in [0.2, 0.25) is 0 Å². The van der Waals surface area contributed by atoms with Gasteiger partial charge in [0.1, 0.15) is 12.4 Å². The standard InChI is InChI=1S/C23H27N5O3/c1-18-21(17-26-28(18)22-7-2-3-8-24-22)23(29)25-16-19-5-4-6-20(15-19)31-14-11-27-9-12-30-13-10-27/h2-8,15,17H,9-14,16H2,1H3,(H,25,29). The van der Waals surface area contributed by atoms with Crippen molar-refractivity contribution < 1.29 is 14.3 Å². The van der Waals surface area contributed by atoms with Crippen molar-refractivity contribution in [3.05, 3.63) is 71.7 Å². The fourth-order valence-corrected chi connectivity index (χ4v) is 3.48. The van der Waals surface area contributed by atoms with Crippen molar-refractivity contribution in [3.63, 3.8) is 0 Å². The smallest absolute Gasteiger partial charge is 0.255 e. The Hall–Kier alpha value is -3.23. The Bertz CT molecular complexity index is 999. The molecule has 1 aliphatic heterocycles. The van der Waals surface area contributed by atoms with Gasteiger partial charge >= 0.3 is 0 Å². The first-order valence-corrected chi connectivity index (χ1v) is 10.5. The fourth-order valence-electron chi connectivity index (χ4n) is 3.48. The molecule has 1 aromatic carbocycles. The van der Waals surface area contributed by atoms with Gasteiger partial charge in [0.15, 0.2) is 5.82 Å². The van der Waals surface area contributed by atoms with E-state index in [4.69, 9.17) is 9.47 Å². The average molecular weight is 422 g/mol. The lowest BCUT2D eigenvalue weighted by Gasteiger charge is -2.26. The monoisotopic (exact) mass is 421 g/mol. The largest absolute Gasteiger partial charge is 0.492 e. The Morgan fingerprint density at radius 1 is 1.19 bits per heavy atom. The van der Waals surface area contributed by atoms with Crippen LogP contribution in [0.4, 0.5) is 0 Å². The number of aromatic nitrogens is 3. The minimum absolute atomic E-state index is 0.168. The normalized spacial score (nSPS) is 14.4. The molecule has 8 heteroatoms. The van der Waals surface area contributed by atoms with Gasteiger partial charge in [-0.2, -0.15) is 5.10 Å². The number of pyridine rings is 1.